The van der Waals surface area contributed by atoms with Gasteiger partial charge in [-0.2, -0.15) is 0 Å². The summed E-state index contributed by atoms with van der Waals surface area (Å²) in [6.07, 6.45) is 1.05. The molecule has 0 atom stereocenters. The van der Waals surface area contributed by atoms with Crippen molar-refractivity contribution in [3.8, 4) is 11.3 Å². The molecule has 4 nitrogen and oxygen atoms in total. The van der Waals surface area contributed by atoms with Crippen LogP contribution in [-0.4, -0.2) is 16.1 Å². The standard InChI is InChI=1S/C16H23N3OS/c1-6-9-17-15-18-12(10-21-15)11-7-8-13(16(2,3)4)19(5)14(11)20/h7-8,10H,6,9H2,1-5H3,(H,17,18). The summed E-state index contributed by atoms with van der Waals surface area (Å²) in [5, 5.41) is 6.06. The van der Waals surface area contributed by atoms with E-state index in [1.807, 2.05) is 24.6 Å². The highest BCUT2D eigenvalue weighted by Crippen LogP contribution is 2.25. The Kier molecular flexibility index (Phi) is 4.52. The minimum atomic E-state index is -0.0532. The van der Waals surface area contributed by atoms with E-state index in [1.54, 1.807) is 4.57 Å². The van der Waals surface area contributed by atoms with E-state index >= 15 is 0 Å². The van der Waals surface area contributed by atoms with Gasteiger partial charge in [0.1, 0.15) is 0 Å². The zero-order valence-electron chi connectivity index (χ0n) is 13.4. The lowest BCUT2D eigenvalue weighted by atomic mass is 9.91. The second-order valence-electron chi connectivity index (χ2n) is 6.21. The van der Waals surface area contributed by atoms with Crippen LogP contribution in [0.5, 0.6) is 0 Å². The first-order valence-corrected chi connectivity index (χ1v) is 8.13. The van der Waals surface area contributed by atoms with Crippen LogP contribution in [0, 0.1) is 0 Å². The van der Waals surface area contributed by atoms with Crippen LogP contribution in [-0.2, 0) is 12.5 Å². The summed E-state index contributed by atoms with van der Waals surface area (Å²) in [6.45, 7) is 9.33. The molecule has 0 spiro atoms. The Morgan fingerprint density at radius 2 is 2.05 bits per heavy atom. The van der Waals surface area contributed by atoms with E-state index in [9.17, 15) is 4.79 Å². The molecule has 0 amide bonds. The smallest absolute Gasteiger partial charge is 0.259 e. The number of nitrogens with zero attached hydrogens (tertiary/aromatic N) is 2. The summed E-state index contributed by atoms with van der Waals surface area (Å²) in [5.41, 5.74) is 2.39. The highest BCUT2D eigenvalue weighted by Gasteiger charge is 2.19. The van der Waals surface area contributed by atoms with Gasteiger partial charge in [0, 0.05) is 30.1 Å². The van der Waals surface area contributed by atoms with Crippen molar-refractivity contribution in [2.45, 2.75) is 39.5 Å². The Morgan fingerprint density at radius 1 is 1.33 bits per heavy atom. The Balaban J connectivity index is 2.40. The number of hydrogen-bond donors (Lipinski definition) is 1. The van der Waals surface area contributed by atoms with Crippen LogP contribution in [0.25, 0.3) is 11.3 Å². The summed E-state index contributed by atoms with van der Waals surface area (Å²) in [6, 6.07) is 3.91. The molecular weight excluding hydrogens is 282 g/mol. The van der Waals surface area contributed by atoms with Gasteiger partial charge < -0.3 is 9.88 Å². The van der Waals surface area contributed by atoms with Crippen LogP contribution >= 0.6 is 11.3 Å². The van der Waals surface area contributed by atoms with E-state index in [-0.39, 0.29) is 11.0 Å². The van der Waals surface area contributed by atoms with Gasteiger partial charge in [0.15, 0.2) is 5.13 Å². The monoisotopic (exact) mass is 305 g/mol. The van der Waals surface area contributed by atoms with Gasteiger partial charge in [-0.15, -0.1) is 11.3 Å². The van der Waals surface area contributed by atoms with Gasteiger partial charge in [0.25, 0.3) is 5.56 Å². The molecule has 2 aromatic heterocycles. The van der Waals surface area contributed by atoms with Crippen molar-refractivity contribution >= 4 is 16.5 Å². The van der Waals surface area contributed by atoms with Gasteiger partial charge in [0.05, 0.1) is 11.3 Å². The van der Waals surface area contributed by atoms with Crippen molar-refractivity contribution in [1.82, 2.24) is 9.55 Å². The van der Waals surface area contributed by atoms with Crippen LogP contribution < -0.4 is 10.9 Å². The summed E-state index contributed by atoms with van der Waals surface area (Å²) in [7, 11) is 1.83. The first-order chi connectivity index (χ1) is 9.84. The molecule has 0 fully saturated rings. The molecule has 0 radical (unpaired) electrons. The lowest BCUT2D eigenvalue weighted by Crippen LogP contribution is -2.28. The molecule has 21 heavy (non-hydrogen) atoms. The van der Waals surface area contributed by atoms with E-state index in [1.165, 1.54) is 11.3 Å². The molecule has 1 N–H and O–H groups in total. The maximum atomic E-state index is 12.6. The molecule has 0 bridgehead atoms. The Bertz CT molecular complexity index is 680. The summed E-state index contributed by atoms with van der Waals surface area (Å²) in [5.74, 6) is 0. The molecule has 2 aromatic rings. The first-order valence-electron chi connectivity index (χ1n) is 7.25. The number of nitrogens with one attached hydrogen (secondary N) is 1. The number of anilines is 1. The third kappa shape index (κ3) is 3.35. The largest absolute Gasteiger partial charge is 0.362 e. The summed E-state index contributed by atoms with van der Waals surface area (Å²) in [4.78, 5) is 17.1. The molecule has 114 valence electrons. The number of hydrogen-bond acceptors (Lipinski definition) is 4. The number of aromatic nitrogens is 2. The van der Waals surface area contributed by atoms with Crippen LogP contribution in [0.3, 0.4) is 0 Å². The third-order valence-corrected chi connectivity index (χ3v) is 4.18. The zero-order chi connectivity index (χ0) is 15.6. The minimum Gasteiger partial charge on any atom is -0.362 e. The van der Waals surface area contributed by atoms with Crippen molar-refractivity contribution in [1.29, 1.82) is 0 Å². The average Bonchev–Trinajstić information content (AvgIpc) is 2.86. The maximum absolute atomic E-state index is 12.6. The van der Waals surface area contributed by atoms with Crippen molar-refractivity contribution in [3.05, 3.63) is 33.6 Å². The molecule has 0 aliphatic rings. The van der Waals surface area contributed by atoms with Gasteiger partial charge in [-0.25, -0.2) is 4.98 Å². The SMILES string of the molecule is CCCNc1nc(-c2ccc(C(C)(C)C)n(C)c2=O)cs1. The zero-order valence-corrected chi connectivity index (χ0v) is 14.2. The molecule has 5 heteroatoms. The molecule has 2 rings (SSSR count). The number of thiazole rings is 1. The molecule has 0 saturated heterocycles. The van der Waals surface area contributed by atoms with Crippen LogP contribution in [0.1, 0.15) is 39.8 Å². The molecule has 0 unspecified atom stereocenters. The van der Waals surface area contributed by atoms with Gasteiger partial charge >= 0.3 is 0 Å². The van der Waals surface area contributed by atoms with Crippen LogP contribution in [0.15, 0.2) is 22.3 Å². The van der Waals surface area contributed by atoms with Gasteiger partial charge in [-0.3, -0.25) is 4.79 Å². The lowest BCUT2D eigenvalue weighted by molar-refractivity contribution is 0.531. The maximum Gasteiger partial charge on any atom is 0.259 e. The van der Waals surface area contributed by atoms with Crippen molar-refractivity contribution in [2.75, 3.05) is 11.9 Å². The molecule has 0 aliphatic heterocycles. The fraction of sp³-hybridized carbons (Fsp3) is 0.500. The third-order valence-electron chi connectivity index (χ3n) is 3.38. The van der Waals surface area contributed by atoms with Gasteiger partial charge in [-0.05, 0) is 18.6 Å². The van der Waals surface area contributed by atoms with E-state index in [4.69, 9.17) is 0 Å². The molecule has 0 aromatic carbocycles. The van der Waals surface area contributed by atoms with Crippen molar-refractivity contribution in [3.63, 3.8) is 0 Å². The van der Waals surface area contributed by atoms with E-state index < -0.39 is 0 Å². The van der Waals surface area contributed by atoms with Crippen molar-refractivity contribution < 1.29 is 0 Å². The van der Waals surface area contributed by atoms with Crippen LogP contribution in [0.4, 0.5) is 5.13 Å². The predicted molar refractivity (Wildman–Crippen MR) is 90.3 cm³/mol. The molecule has 0 aliphatic carbocycles. The Hall–Kier alpha value is -1.62. The fourth-order valence-electron chi connectivity index (χ4n) is 2.29. The Morgan fingerprint density at radius 3 is 2.67 bits per heavy atom. The first kappa shape index (κ1) is 15.8. The molecule has 2 heterocycles. The topological polar surface area (TPSA) is 46.9 Å². The second-order valence-corrected chi connectivity index (χ2v) is 7.07. The van der Waals surface area contributed by atoms with E-state index in [0.29, 0.717) is 5.56 Å². The van der Waals surface area contributed by atoms with Crippen LogP contribution in [0.2, 0.25) is 0 Å². The quantitative estimate of drug-likeness (QED) is 0.938. The predicted octanol–water partition coefficient (Wildman–Crippen LogP) is 3.63. The molecular formula is C16H23N3OS. The minimum absolute atomic E-state index is 0.00904. The van der Waals surface area contributed by atoms with E-state index in [0.717, 1.165) is 29.5 Å². The van der Waals surface area contributed by atoms with Gasteiger partial charge in [-0.1, -0.05) is 27.7 Å². The van der Waals surface area contributed by atoms with E-state index in [2.05, 4.69) is 38.0 Å². The highest BCUT2D eigenvalue weighted by atomic mass is 32.1. The van der Waals surface area contributed by atoms with Crippen molar-refractivity contribution in [2.24, 2.45) is 7.05 Å². The second kappa shape index (κ2) is 6.02. The number of pyridine rings is 1. The molecule has 0 saturated carbocycles. The highest BCUT2D eigenvalue weighted by molar-refractivity contribution is 7.14. The summed E-state index contributed by atoms with van der Waals surface area (Å²) >= 11 is 1.54. The average molecular weight is 305 g/mol. The Labute approximate surface area is 129 Å². The number of rotatable bonds is 4. The normalized spacial score (nSPS) is 11.7. The lowest BCUT2D eigenvalue weighted by Gasteiger charge is -2.22. The fourth-order valence-corrected chi connectivity index (χ4v) is 3.03. The van der Waals surface area contributed by atoms with Gasteiger partial charge in [0.2, 0.25) is 0 Å². The summed E-state index contributed by atoms with van der Waals surface area (Å²) < 4.78 is 1.73.